The van der Waals surface area contributed by atoms with E-state index in [-0.39, 0.29) is 12.5 Å². The number of H-pyrrole nitrogens is 2. The Bertz CT molecular complexity index is 1850. The number of carbonyl (C=O) groups is 1. The van der Waals surface area contributed by atoms with Gasteiger partial charge >= 0.3 is 0 Å². The van der Waals surface area contributed by atoms with Crippen LogP contribution in [0.15, 0.2) is 78.6 Å². The molecule has 1 atom stereocenters. The molecule has 41 heavy (non-hydrogen) atoms. The zero-order valence-electron chi connectivity index (χ0n) is 22.5. The summed E-state index contributed by atoms with van der Waals surface area (Å²) in [6, 6.07) is 17.9. The molecule has 1 aliphatic heterocycles. The molecule has 9 heteroatoms. The highest BCUT2D eigenvalue weighted by molar-refractivity contribution is 7.13. The van der Waals surface area contributed by atoms with Crippen LogP contribution in [0.3, 0.4) is 0 Å². The van der Waals surface area contributed by atoms with E-state index in [2.05, 4.69) is 49.3 Å². The van der Waals surface area contributed by atoms with Gasteiger partial charge in [-0.1, -0.05) is 24.3 Å². The number of aryl methyl sites for hydroxylation is 1. The number of aliphatic hydroxyl groups excluding tert-OH is 1. The van der Waals surface area contributed by atoms with Crippen molar-refractivity contribution >= 4 is 28.1 Å². The van der Waals surface area contributed by atoms with Gasteiger partial charge in [-0.2, -0.15) is 5.10 Å². The molecule has 0 aliphatic carbocycles. The summed E-state index contributed by atoms with van der Waals surface area (Å²) in [7, 11) is 1.68. The summed E-state index contributed by atoms with van der Waals surface area (Å²) in [6.45, 7) is 0.583. The minimum Gasteiger partial charge on any atom is -0.496 e. The van der Waals surface area contributed by atoms with Gasteiger partial charge in [-0.15, -0.1) is 11.3 Å². The third-order valence-electron chi connectivity index (χ3n) is 7.91. The number of hydrogen-bond acceptors (Lipinski definition) is 5. The van der Waals surface area contributed by atoms with Crippen LogP contribution in [0.5, 0.6) is 5.75 Å². The zero-order valence-corrected chi connectivity index (χ0v) is 23.3. The molecule has 1 amide bonds. The van der Waals surface area contributed by atoms with Crippen LogP contribution in [0.25, 0.3) is 43.9 Å². The van der Waals surface area contributed by atoms with Crippen molar-refractivity contribution in [3.8, 4) is 38.7 Å². The van der Waals surface area contributed by atoms with E-state index in [0.29, 0.717) is 12.0 Å². The molecule has 0 fully saturated rings. The number of methoxy groups -OCH3 is 1. The molecular weight excluding hydrogens is 534 g/mol. The van der Waals surface area contributed by atoms with E-state index in [1.165, 1.54) is 5.56 Å². The van der Waals surface area contributed by atoms with Crippen LogP contribution in [0.1, 0.15) is 21.5 Å². The molecule has 1 unspecified atom stereocenters. The van der Waals surface area contributed by atoms with E-state index in [9.17, 15) is 9.90 Å². The second-order valence-electron chi connectivity index (χ2n) is 10.3. The molecule has 0 saturated carbocycles. The number of ether oxygens (including phenoxy) is 1. The van der Waals surface area contributed by atoms with Crippen molar-refractivity contribution in [1.82, 2.24) is 25.1 Å². The number of aromatic nitrogens is 4. The first-order valence-corrected chi connectivity index (χ1v) is 14.5. The molecule has 4 N–H and O–H groups in total. The number of para-hydroxylation sites is 1. The molecule has 6 aromatic rings. The topological polar surface area (TPSA) is 108 Å². The summed E-state index contributed by atoms with van der Waals surface area (Å²) < 4.78 is 7.99. The third kappa shape index (κ3) is 4.43. The number of amides is 1. The normalized spacial score (nSPS) is 13.1. The lowest BCUT2D eigenvalue weighted by molar-refractivity contribution is 0.0917. The molecule has 2 aromatic carbocycles. The predicted octanol–water partition coefficient (Wildman–Crippen LogP) is 5.65. The van der Waals surface area contributed by atoms with Crippen molar-refractivity contribution in [2.45, 2.75) is 25.4 Å². The Kier molecular flexibility index (Phi) is 6.45. The summed E-state index contributed by atoms with van der Waals surface area (Å²) in [5, 5.41) is 23.5. The maximum Gasteiger partial charge on any atom is 0.253 e. The monoisotopic (exact) mass is 563 g/mol. The van der Waals surface area contributed by atoms with E-state index < -0.39 is 6.04 Å². The Morgan fingerprint density at radius 1 is 1.17 bits per heavy atom. The molecule has 206 valence electrons. The van der Waals surface area contributed by atoms with Gasteiger partial charge in [-0.25, -0.2) is 0 Å². The van der Waals surface area contributed by atoms with Crippen LogP contribution in [0.4, 0.5) is 0 Å². The van der Waals surface area contributed by atoms with Gasteiger partial charge in [-0.3, -0.25) is 9.89 Å². The van der Waals surface area contributed by atoms with Crippen LogP contribution in [0, 0.1) is 0 Å². The van der Waals surface area contributed by atoms with Crippen LogP contribution >= 0.6 is 11.3 Å². The Labute approximate surface area is 240 Å². The maximum atomic E-state index is 13.9. The number of aliphatic hydroxyl groups is 1. The van der Waals surface area contributed by atoms with E-state index in [0.717, 1.165) is 68.1 Å². The second-order valence-corrected chi connectivity index (χ2v) is 11.2. The molecule has 0 bridgehead atoms. The lowest BCUT2D eigenvalue weighted by Gasteiger charge is -2.23. The minimum absolute atomic E-state index is 0.163. The standard InChI is InChI=1S/C32H29N5O3S/c1-40-29-12-19-8-9-37-28(24(19)13-25(29)21-16-34-35-17-21)14-26(31(37)30-7-4-10-41-30)32(39)36-22(18-38)11-20-15-33-27-6-3-2-5-23(20)27/h2-7,10,12-17,22,33,38H,8-9,11,18H2,1H3,(H,34,35)(H,36,39). The summed E-state index contributed by atoms with van der Waals surface area (Å²) in [6.07, 6.45) is 6.93. The first-order chi connectivity index (χ1) is 20.1. The van der Waals surface area contributed by atoms with Crippen LogP contribution in [-0.4, -0.2) is 50.5 Å². The van der Waals surface area contributed by atoms with Gasteiger partial charge in [-0.05, 0) is 59.7 Å². The Balaban J connectivity index is 1.28. The number of thiophene rings is 1. The van der Waals surface area contributed by atoms with Gasteiger partial charge in [0.15, 0.2) is 0 Å². The van der Waals surface area contributed by atoms with Crippen molar-refractivity contribution in [2.75, 3.05) is 13.7 Å². The maximum absolute atomic E-state index is 13.9. The summed E-state index contributed by atoms with van der Waals surface area (Å²) in [5.74, 6) is 0.601. The molecule has 0 radical (unpaired) electrons. The molecule has 5 heterocycles. The third-order valence-corrected chi connectivity index (χ3v) is 8.78. The fourth-order valence-electron chi connectivity index (χ4n) is 5.94. The highest BCUT2D eigenvalue weighted by Crippen LogP contribution is 2.43. The van der Waals surface area contributed by atoms with Crippen molar-refractivity contribution in [3.05, 3.63) is 95.3 Å². The molecule has 1 aliphatic rings. The number of hydrogen-bond donors (Lipinski definition) is 4. The number of benzene rings is 2. The van der Waals surface area contributed by atoms with Crippen LogP contribution < -0.4 is 10.1 Å². The molecule has 8 nitrogen and oxygen atoms in total. The second kappa shape index (κ2) is 10.4. The zero-order chi connectivity index (χ0) is 27.9. The van der Waals surface area contributed by atoms with Gasteiger partial charge in [0.1, 0.15) is 5.75 Å². The molecular formula is C32H29N5O3S. The van der Waals surface area contributed by atoms with Gasteiger partial charge in [0.25, 0.3) is 5.91 Å². The Morgan fingerprint density at radius 2 is 2.07 bits per heavy atom. The van der Waals surface area contributed by atoms with E-state index in [4.69, 9.17) is 4.74 Å². The van der Waals surface area contributed by atoms with E-state index >= 15 is 0 Å². The average Bonchev–Trinajstić information content (AvgIpc) is 3.82. The highest BCUT2D eigenvalue weighted by Gasteiger charge is 2.29. The first-order valence-electron chi connectivity index (χ1n) is 13.6. The molecule has 7 rings (SSSR count). The van der Waals surface area contributed by atoms with Crippen molar-refractivity contribution in [1.29, 1.82) is 0 Å². The summed E-state index contributed by atoms with van der Waals surface area (Å²) in [4.78, 5) is 18.3. The van der Waals surface area contributed by atoms with E-state index in [1.54, 1.807) is 24.6 Å². The molecule has 0 spiro atoms. The Morgan fingerprint density at radius 3 is 2.85 bits per heavy atom. The molecule has 0 saturated heterocycles. The van der Waals surface area contributed by atoms with Gasteiger partial charge in [0.05, 0.1) is 42.1 Å². The van der Waals surface area contributed by atoms with Gasteiger partial charge in [0.2, 0.25) is 0 Å². The SMILES string of the molecule is COc1cc2c(cc1-c1cn[nH]c1)-c1cc(C(=O)NC(CO)Cc3c[nH]c4ccccc34)c(-c3cccs3)n1CC2. The van der Waals surface area contributed by atoms with Crippen LogP contribution in [-0.2, 0) is 19.4 Å². The fraction of sp³-hybridized carbons (Fsp3) is 0.188. The minimum atomic E-state index is -0.431. The Hall–Kier alpha value is -4.60. The highest BCUT2D eigenvalue weighted by atomic mass is 32.1. The van der Waals surface area contributed by atoms with Crippen LogP contribution in [0.2, 0.25) is 0 Å². The predicted molar refractivity (Wildman–Crippen MR) is 161 cm³/mol. The number of fused-ring (bicyclic) bond motifs is 4. The van der Waals surface area contributed by atoms with Crippen molar-refractivity contribution in [2.24, 2.45) is 0 Å². The van der Waals surface area contributed by atoms with Crippen molar-refractivity contribution in [3.63, 3.8) is 0 Å². The average molecular weight is 564 g/mol. The largest absolute Gasteiger partial charge is 0.496 e. The number of nitrogens with one attached hydrogen (secondary N) is 3. The van der Waals surface area contributed by atoms with Gasteiger partial charge < -0.3 is 24.7 Å². The van der Waals surface area contributed by atoms with Gasteiger partial charge in [0, 0.05) is 52.2 Å². The summed E-state index contributed by atoms with van der Waals surface area (Å²) >= 11 is 1.62. The number of aromatic amines is 2. The quantitative estimate of drug-likeness (QED) is 0.192. The fourth-order valence-corrected chi connectivity index (χ4v) is 6.73. The summed E-state index contributed by atoms with van der Waals surface area (Å²) in [5.41, 5.74) is 8.73. The first kappa shape index (κ1) is 25.4. The lowest BCUT2D eigenvalue weighted by Crippen LogP contribution is -2.39. The molecule has 4 aromatic heterocycles. The number of carbonyl (C=O) groups excluding carboxylic acids is 1. The smallest absolute Gasteiger partial charge is 0.253 e. The van der Waals surface area contributed by atoms with Crippen molar-refractivity contribution < 1.29 is 14.6 Å². The van der Waals surface area contributed by atoms with E-state index in [1.807, 2.05) is 48.1 Å². The number of rotatable bonds is 8. The number of nitrogens with zero attached hydrogens (tertiary/aromatic N) is 2. The lowest BCUT2D eigenvalue weighted by atomic mass is 9.93.